The van der Waals surface area contributed by atoms with E-state index in [-0.39, 0.29) is 5.91 Å². The van der Waals surface area contributed by atoms with Crippen molar-refractivity contribution >= 4 is 22.5 Å². The number of H-pyrrole nitrogens is 1. The van der Waals surface area contributed by atoms with Crippen LogP contribution < -0.4 is 11.1 Å². The topological polar surface area (TPSA) is 70.9 Å². The molecule has 20 heavy (non-hydrogen) atoms. The van der Waals surface area contributed by atoms with E-state index in [0.29, 0.717) is 16.7 Å². The molecule has 1 amide bonds. The number of carbonyl (C=O) groups is 1. The highest BCUT2D eigenvalue weighted by molar-refractivity contribution is 6.07. The molecule has 4 heteroatoms. The minimum atomic E-state index is 0.000691. The van der Waals surface area contributed by atoms with Gasteiger partial charge in [0.25, 0.3) is 5.91 Å². The predicted molar refractivity (Wildman–Crippen MR) is 81.6 cm³/mol. The summed E-state index contributed by atoms with van der Waals surface area (Å²) in [7, 11) is 0. The molecule has 1 heterocycles. The van der Waals surface area contributed by atoms with Crippen molar-refractivity contribution in [2.75, 3.05) is 12.3 Å². The molecule has 2 aromatic rings. The third kappa shape index (κ3) is 2.15. The van der Waals surface area contributed by atoms with Crippen molar-refractivity contribution in [3.63, 3.8) is 0 Å². The maximum absolute atomic E-state index is 12.3. The highest BCUT2D eigenvalue weighted by Crippen LogP contribution is 2.43. The lowest BCUT2D eigenvalue weighted by atomic mass is 9.67. The Labute approximate surface area is 118 Å². The van der Waals surface area contributed by atoms with Crippen molar-refractivity contribution < 1.29 is 4.79 Å². The molecule has 0 spiro atoms. The molecule has 3 rings (SSSR count). The van der Waals surface area contributed by atoms with Gasteiger partial charge in [-0.05, 0) is 42.9 Å². The Morgan fingerprint density at radius 2 is 2.25 bits per heavy atom. The first-order chi connectivity index (χ1) is 9.63. The normalized spacial score (nSPS) is 16.9. The molecule has 106 valence electrons. The van der Waals surface area contributed by atoms with Crippen molar-refractivity contribution in [3.05, 3.63) is 30.0 Å². The number of amides is 1. The van der Waals surface area contributed by atoms with E-state index in [1.807, 2.05) is 18.2 Å². The summed E-state index contributed by atoms with van der Waals surface area (Å²) >= 11 is 0. The lowest BCUT2D eigenvalue weighted by Crippen LogP contribution is -2.41. The van der Waals surface area contributed by atoms with Crippen LogP contribution in [-0.2, 0) is 0 Å². The largest absolute Gasteiger partial charge is 0.399 e. The number of carbonyl (C=O) groups excluding carboxylic acids is 1. The smallest absolute Gasteiger partial charge is 0.253 e. The molecule has 0 radical (unpaired) electrons. The fourth-order valence-corrected chi connectivity index (χ4v) is 3.03. The van der Waals surface area contributed by atoms with E-state index in [1.54, 1.807) is 6.20 Å². The van der Waals surface area contributed by atoms with Crippen molar-refractivity contribution in [2.45, 2.75) is 32.6 Å². The quantitative estimate of drug-likeness (QED) is 0.748. The van der Waals surface area contributed by atoms with Crippen LogP contribution in [0.3, 0.4) is 0 Å². The predicted octanol–water partition coefficient (Wildman–Crippen LogP) is 3.06. The zero-order valence-corrected chi connectivity index (χ0v) is 11.8. The second-order valence-electron chi connectivity index (χ2n) is 5.90. The van der Waals surface area contributed by atoms with Crippen LogP contribution in [0.15, 0.2) is 24.4 Å². The van der Waals surface area contributed by atoms with E-state index >= 15 is 0 Å². The van der Waals surface area contributed by atoms with Gasteiger partial charge in [0, 0.05) is 29.3 Å². The molecule has 1 fully saturated rings. The van der Waals surface area contributed by atoms with E-state index in [2.05, 4.69) is 17.2 Å². The first-order valence-electron chi connectivity index (χ1n) is 7.28. The minimum Gasteiger partial charge on any atom is -0.399 e. The van der Waals surface area contributed by atoms with E-state index in [9.17, 15) is 4.79 Å². The number of rotatable bonds is 4. The van der Waals surface area contributed by atoms with Gasteiger partial charge < -0.3 is 16.0 Å². The number of nitrogens with two attached hydrogens (primary N) is 1. The molecule has 1 aliphatic rings. The van der Waals surface area contributed by atoms with Gasteiger partial charge in [0.05, 0.1) is 5.56 Å². The van der Waals surface area contributed by atoms with Crippen LogP contribution >= 0.6 is 0 Å². The Balaban J connectivity index is 1.75. The SMILES string of the molecule is CCC1(CNC(=O)c2c[nH]c3cc(N)ccc23)CCC1. The first kappa shape index (κ1) is 13.0. The van der Waals surface area contributed by atoms with Crippen molar-refractivity contribution in [3.8, 4) is 0 Å². The van der Waals surface area contributed by atoms with Crippen LogP contribution in [0, 0.1) is 5.41 Å². The van der Waals surface area contributed by atoms with Gasteiger partial charge in [-0.1, -0.05) is 13.3 Å². The fraction of sp³-hybridized carbons (Fsp3) is 0.438. The zero-order chi connectivity index (χ0) is 14.2. The van der Waals surface area contributed by atoms with Crippen LogP contribution in [0.4, 0.5) is 5.69 Å². The number of fused-ring (bicyclic) bond motifs is 1. The Hall–Kier alpha value is -1.97. The number of hydrogen-bond donors (Lipinski definition) is 3. The van der Waals surface area contributed by atoms with Gasteiger partial charge in [0.15, 0.2) is 0 Å². The summed E-state index contributed by atoms with van der Waals surface area (Å²) in [6.07, 6.45) is 6.65. The molecule has 0 aliphatic heterocycles. The molecule has 1 aliphatic carbocycles. The lowest BCUT2D eigenvalue weighted by molar-refractivity contribution is 0.0851. The monoisotopic (exact) mass is 271 g/mol. The Kier molecular flexibility index (Phi) is 3.16. The van der Waals surface area contributed by atoms with Crippen molar-refractivity contribution in [2.24, 2.45) is 5.41 Å². The average molecular weight is 271 g/mol. The van der Waals surface area contributed by atoms with Crippen molar-refractivity contribution in [1.82, 2.24) is 10.3 Å². The summed E-state index contributed by atoms with van der Waals surface area (Å²) in [6.45, 7) is 2.99. The molecule has 0 saturated heterocycles. The molecule has 1 saturated carbocycles. The highest BCUT2D eigenvalue weighted by Gasteiger charge is 2.35. The molecule has 1 aromatic heterocycles. The summed E-state index contributed by atoms with van der Waals surface area (Å²) in [4.78, 5) is 15.5. The standard InChI is InChI=1S/C16H21N3O/c1-2-16(6-3-7-16)10-19-15(20)13-9-18-14-8-11(17)4-5-12(13)14/h4-5,8-9,18H,2-3,6-7,10,17H2,1H3,(H,19,20). The Morgan fingerprint density at radius 1 is 1.45 bits per heavy atom. The molecular formula is C16H21N3O. The molecule has 4 N–H and O–H groups in total. The number of aromatic nitrogens is 1. The van der Waals surface area contributed by atoms with Crippen LogP contribution in [0.5, 0.6) is 0 Å². The summed E-state index contributed by atoms with van der Waals surface area (Å²) in [5, 5.41) is 4.02. The molecule has 0 atom stereocenters. The number of benzene rings is 1. The second kappa shape index (κ2) is 4.85. The van der Waals surface area contributed by atoms with E-state index in [4.69, 9.17) is 5.73 Å². The summed E-state index contributed by atoms with van der Waals surface area (Å²) < 4.78 is 0. The maximum atomic E-state index is 12.3. The minimum absolute atomic E-state index is 0.000691. The number of hydrogen-bond acceptors (Lipinski definition) is 2. The van der Waals surface area contributed by atoms with Gasteiger partial charge in [-0.15, -0.1) is 0 Å². The van der Waals surface area contributed by atoms with Gasteiger partial charge in [0.2, 0.25) is 0 Å². The van der Waals surface area contributed by atoms with Crippen LogP contribution in [-0.4, -0.2) is 17.4 Å². The van der Waals surface area contributed by atoms with Crippen LogP contribution in [0.2, 0.25) is 0 Å². The van der Waals surface area contributed by atoms with Gasteiger partial charge >= 0.3 is 0 Å². The number of nitrogens with one attached hydrogen (secondary N) is 2. The molecule has 0 unspecified atom stereocenters. The lowest BCUT2D eigenvalue weighted by Gasteiger charge is -2.41. The third-order valence-corrected chi connectivity index (χ3v) is 4.74. The highest BCUT2D eigenvalue weighted by atomic mass is 16.1. The first-order valence-corrected chi connectivity index (χ1v) is 7.28. The number of anilines is 1. The number of aromatic amines is 1. The van der Waals surface area contributed by atoms with E-state index in [1.165, 1.54) is 19.3 Å². The van der Waals surface area contributed by atoms with Gasteiger partial charge in [0.1, 0.15) is 0 Å². The summed E-state index contributed by atoms with van der Waals surface area (Å²) in [5.41, 5.74) is 8.39. The summed E-state index contributed by atoms with van der Waals surface area (Å²) in [5.74, 6) is 0.000691. The Bertz CT molecular complexity index is 635. The van der Waals surface area contributed by atoms with Crippen molar-refractivity contribution in [1.29, 1.82) is 0 Å². The maximum Gasteiger partial charge on any atom is 0.253 e. The average Bonchev–Trinajstić information content (AvgIpc) is 2.80. The molecule has 4 nitrogen and oxygen atoms in total. The van der Waals surface area contributed by atoms with Crippen LogP contribution in [0.1, 0.15) is 43.0 Å². The number of nitrogen functional groups attached to an aromatic ring is 1. The van der Waals surface area contributed by atoms with E-state index in [0.717, 1.165) is 23.9 Å². The van der Waals surface area contributed by atoms with Gasteiger partial charge in [-0.2, -0.15) is 0 Å². The second-order valence-corrected chi connectivity index (χ2v) is 5.90. The zero-order valence-electron chi connectivity index (χ0n) is 11.8. The molecule has 1 aromatic carbocycles. The van der Waals surface area contributed by atoms with Gasteiger partial charge in [-0.3, -0.25) is 4.79 Å². The van der Waals surface area contributed by atoms with E-state index < -0.39 is 0 Å². The van der Waals surface area contributed by atoms with Gasteiger partial charge in [-0.25, -0.2) is 0 Å². The molecule has 0 bridgehead atoms. The third-order valence-electron chi connectivity index (χ3n) is 4.74. The Morgan fingerprint density at radius 3 is 2.90 bits per heavy atom. The fourth-order valence-electron chi connectivity index (χ4n) is 3.03. The molecular weight excluding hydrogens is 250 g/mol. The summed E-state index contributed by atoms with van der Waals surface area (Å²) in [6, 6.07) is 5.58. The van der Waals surface area contributed by atoms with Crippen LogP contribution in [0.25, 0.3) is 10.9 Å².